The molecule has 0 spiro atoms. The van der Waals surface area contributed by atoms with Crippen LogP contribution in [0.1, 0.15) is 95.7 Å². The molecule has 22 heteroatoms. The molecule has 0 aliphatic carbocycles. The molecule has 4 aliphatic rings. The van der Waals surface area contributed by atoms with Crippen LogP contribution in [0, 0.1) is 0 Å². The normalized spacial score (nSPS) is 15.3. The minimum atomic E-state index is -4.42. The van der Waals surface area contributed by atoms with Gasteiger partial charge in [0.05, 0.1) is 36.1 Å². The van der Waals surface area contributed by atoms with E-state index in [9.17, 15) is 64.3 Å². The minimum Gasteiger partial charge on any atom is -0.491 e. The van der Waals surface area contributed by atoms with Gasteiger partial charge in [-0.3, -0.25) is 58.1 Å². The molecule has 10 rings (SSSR count). The smallest absolute Gasteiger partial charge is 0.266 e. The molecule has 4 N–H and O–H groups in total. The predicted octanol–water partition coefficient (Wildman–Crippen LogP) is 4.34. The monoisotopic (exact) mass is 958 g/mol. The van der Waals surface area contributed by atoms with Gasteiger partial charge in [0.25, 0.3) is 67.5 Å². The molecule has 0 fully saturated rings. The average molecular weight is 959 g/mol. The van der Waals surface area contributed by atoms with Crippen LogP contribution in [-0.4, -0.2) is 97.9 Å². The topological polar surface area (TPSA) is 294 Å². The van der Waals surface area contributed by atoms with E-state index in [0.29, 0.717) is 11.1 Å². The van der Waals surface area contributed by atoms with Gasteiger partial charge in [0.1, 0.15) is 11.5 Å². The summed E-state index contributed by atoms with van der Waals surface area (Å²) >= 11 is 0. The standard InChI is InChI=1S/C46H30N4O16S2/c51-39-23-5-9-27-37-28(10-6-24(35(23)37)40(52)47-39)44(56)49(43(27)55)31-13-3-21(19-33(31)65-15-1-17-67(59,60)61)22-4-14-32(34(20-22)66-16-2-18-68(62,63)64)50-45(57)29-11-7-25-36-26(42(54)48-41(25)53)8-12-30(38(29)36)46(50)58/h3-14,19-20H,1-2,15-18H2,(H,47,51,52)(H,48,53,54)(H,59,60,61)(H,62,63,64). The summed E-state index contributed by atoms with van der Waals surface area (Å²) in [4.78, 5) is 110. The Morgan fingerprint density at radius 2 is 0.691 bits per heavy atom. The van der Waals surface area contributed by atoms with Crippen molar-refractivity contribution in [2.75, 3.05) is 34.5 Å². The summed E-state index contributed by atoms with van der Waals surface area (Å²) in [6.45, 7) is -0.697. The first kappa shape index (κ1) is 43.7. The van der Waals surface area contributed by atoms with Crippen molar-refractivity contribution in [2.45, 2.75) is 12.8 Å². The number of imide groups is 4. The Labute approximate surface area is 382 Å². The third kappa shape index (κ3) is 7.13. The van der Waals surface area contributed by atoms with Crippen LogP contribution in [0.25, 0.3) is 32.7 Å². The number of amides is 8. The summed E-state index contributed by atoms with van der Waals surface area (Å²) in [7, 11) is -8.84. The van der Waals surface area contributed by atoms with E-state index in [1.807, 2.05) is 0 Å². The Kier molecular flexibility index (Phi) is 10.1. The lowest BCUT2D eigenvalue weighted by Gasteiger charge is -2.31. The van der Waals surface area contributed by atoms with Crippen molar-refractivity contribution in [1.82, 2.24) is 10.6 Å². The van der Waals surface area contributed by atoms with Crippen molar-refractivity contribution < 1.29 is 73.8 Å². The predicted molar refractivity (Wildman–Crippen MR) is 239 cm³/mol. The van der Waals surface area contributed by atoms with Gasteiger partial charge in [-0.05, 0) is 96.8 Å². The van der Waals surface area contributed by atoms with Crippen LogP contribution in [-0.2, 0) is 20.2 Å². The number of nitrogens with zero attached hydrogens (tertiary/aromatic N) is 2. The summed E-state index contributed by atoms with van der Waals surface area (Å²) in [5.41, 5.74) is 0.672. The number of hydrogen-bond acceptors (Lipinski definition) is 14. The van der Waals surface area contributed by atoms with Gasteiger partial charge < -0.3 is 9.47 Å². The highest BCUT2D eigenvalue weighted by Crippen LogP contribution is 2.44. The maximum Gasteiger partial charge on any atom is 0.266 e. The van der Waals surface area contributed by atoms with E-state index in [0.717, 1.165) is 9.80 Å². The zero-order valence-electron chi connectivity index (χ0n) is 34.6. The van der Waals surface area contributed by atoms with Crippen molar-refractivity contribution in [1.29, 1.82) is 0 Å². The third-order valence-corrected chi connectivity index (χ3v) is 13.4. The molecule has 0 radical (unpaired) electrons. The van der Waals surface area contributed by atoms with Crippen LogP contribution >= 0.6 is 0 Å². The zero-order chi connectivity index (χ0) is 48.1. The van der Waals surface area contributed by atoms with E-state index in [2.05, 4.69) is 10.6 Å². The number of hydrogen-bond donors (Lipinski definition) is 4. The Hall–Kier alpha value is -8.18. The molecule has 0 saturated heterocycles. The highest BCUT2D eigenvalue weighted by atomic mass is 32.2. The molecule has 6 aromatic carbocycles. The van der Waals surface area contributed by atoms with Crippen LogP contribution in [0.15, 0.2) is 84.9 Å². The molecule has 4 aliphatic heterocycles. The molecule has 0 atom stereocenters. The highest BCUT2D eigenvalue weighted by Gasteiger charge is 2.41. The number of rotatable bonds is 13. The fourth-order valence-electron chi connectivity index (χ4n) is 8.88. The van der Waals surface area contributed by atoms with Crippen LogP contribution < -0.4 is 29.9 Å². The number of carbonyl (C=O) groups excluding carboxylic acids is 8. The number of anilines is 2. The first-order chi connectivity index (χ1) is 32.3. The van der Waals surface area contributed by atoms with E-state index in [4.69, 9.17) is 9.47 Å². The van der Waals surface area contributed by atoms with Crippen LogP contribution in [0.5, 0.6) is 11.5 Å². The first-order valence-electron chi connectivity index (χ1n) is 20.4. The number of nitrogens with one attached hydrogen (secondary N) is 2. The molecule has 0 unspecified atom stereocenters. The second kappa shape index (κ2) is 15.7. The lowest BCUT2D eigenvalue weighted by Crippen LogP contribution is -2.42. The summed E-state index contributed by atoms with van der Waals surface area (Å²) < 4.78 is 77.0. The van der Waals surface area contributed by atoms with Crippen molar-refractivity contribution >= 4 is 100 Å². The Balaban J connectivity index is 1.06. The lowest BCUT2D eigenvalue weighted by molar-refractivity contribution is 0.0828. The van der Waals surface area contributed by atoms with Gasteiger partial charge in [-0.1, -0.05) is 12.1 Å². The first-order valence-corrected chi connectivity index (χ1v) is 23.7. The molecule has 0 aromatic heterocycles. The minimum absolute atomic E-state index is 0.0146. The van der Waals surface area contributed by atoms with Crippen molar-refractivity contribution in [3.63, 3.8) is 0 Å². The average Bonchev–Trinajstić information content (AvgIpc) is 3.28. The van der Waals surface area contributed by atoms with E-state index in [1.165, 1.54) is 84.9 Å². The molecule has 0 saturated carbocycles. The fourth-order valence-corrected chi connectivity index (χ4v) is 9.84. The second-order valence-corrected chi connectivity index (χ2v) is 19.1. The highest BCUT2D eigenvalue weighted by molar-refractivity contribution is 7.86. The summed E-state index contributed by atoms with van der Waals surface area (Å²) in [5, 5.41) is 4.93. The third-order valence-electron chi connectivity index (χ3n) is 11.8. The summed E-state index contributed by atoms with van der Waals surface area (Å²) in [5.74, 6) is -7.89. The van der Waals surface area contributed by atoms with E-state index in [-0.39, 0.29) is 115 Å². The van der Waals surface area contributed by atoms with Gasteiger partial charge in [0.15, 0.2) is 0 Å². The van der Waals surface area contributed by atoms with Crippen LogP contribution in [0.2, 0.25) is 0 Å². The van der Waals surface area contributed by atoms with Crippen molar-refractivity contribution in [2.24, 2.45) is 0 Å². The fraction of sp³-hybridized carbons (Fsp3) is 0.130. The van der Waals surface area contributed by atoms with Gasteiger partial charge in [0.2, 0.25) is 0 Å². The van der Waals surface area contributed by atoms with Crippen molar-refractivity contribution in [3.05, 3.63) is 129 Å². The molecule has 0 bridgehead atoms. The maximum atomic E-state index is 14.4. The Morgan fingerprint density at radius 3 is 0.985 bits per heavy atom. The van der Waals surface area contributed by atoms with Crippen molar-refractivity contribution in [3.8, 4) is 22.6 Å². The molecule has 6 aromatic rings. The van der Waals surface area contributed by atoms with Gasteiger partial charge in [-0.25, -0.2) is 9.80 Å². The molecule has 4 heterocycles. The van der Waals surface area contributed by atoms with E-state index < -0.39 is 79.0 Å². The van der Waals surface area contributed by atoms with Gasteiger partial charge in [-0.2, -0.15) is 16.8 Å². The zero-order valence-corrected chi connectivity index (χ0v) is 36.3. The number of ether oxygens (including phenoxy) is 2. The van der Waals surface area contributed by atoms with Gasteiger partial charge in [0, 0.05) is 66.1 Å². The largest absolute Gasteiger partial charge is 0.491 e. The van der Waals surface area contributed by atoms with Crippen LogP contribution in [0.4, 0.5) is 11.4 Å². The molecule has 20 nitrogen and oxygen atoms in total. The number of benzene rings is 6. The quantitative estimate of drug-likeness (QED) is 0.0711. The molecule has 8 amide bonds. The summed E-state index contributed by atoms with van der Waals surface area (Å²) in [6, 6.07) is 19.4. The van der Waals surface area contributed by atoms with Gasteiger partial charge >= 0.3 is 0 Å². The Bertz CT molecular complexity index is 3290. The van der Waals surface area contributed by atoms with E-state index >= 15 is 0 Å². The maximum absolute atomic E-state index is 14.4. The Morgan fingerprint density at radius 1 is 0.412 bits per heavy atom. The SMILES string of the molecule is O=C1NC(=O)c2ccc3c4c(ccc1c24)C(=O)N(c1ccc(-c2ccc(N4C(=O)c5ccc6c7c(ccc(c57)C4=O)C(=O)NC6=O)c(OCCCS(=O)(=O)O)c2)cc1OCCCS(=O)(=O)O)C3=O. The molecular formula is C46H30N4O16S2. The lowest BCUT2D eigenvalue weighted by atomic mass is 9.86. The second-order valence-electron chi connectivity index (χ2n) is 15.9. The van der Waals surface area contributed by atoms with E-state index in [1.54, 1.807) is 0 Å². The van der Waals surface area contributed by atoms with Crippen LogP contribution in [0.3, 0.4) is 0 Å². The molecule has 68 heavy (non-hydrogen) atoms. The molecule has 342 valence electrons. The molecular weight excluding hydrogens is 929 g/mol. The summed E-state index contributed by atoms with van der Waals surface area (Å²) in [6.07, 6.45) is -0.462. The van der Waals surface area contributed by atoms with Gasteiger partial charge in [-0.15, -0.1) is 0 Å². The number of carbonyl (C=O) groups is 8.